The Kier molecular flexibility index (Phi) is 5.35. The van der Waals surface area contributed by atoms with Gasteiger partial charge in [-0.25, -0.2) is 4.79 Å². The van der Waals surface area contributed by atoms with Gasteiger partial charge in [0.15, 0.2) is 0 Å². The zero-order valence-corrected chi connectivity index (χ0v) is 10.6. The molecule has 0 aromatic heterocycles. The molecule has 0 saturated heterocycles. The zero-order valence-electron chi connectivity index (χ0n) is 10.6. The van der Waals surface area contributed by atoms with Crippen LogP contribution in [0.3, 0.4) is 0 Å². The molecule has 6 heteroatoms. The summed E-state index contributed by atoms with van der Waals surface area (Å²) in [5, 5.41) is 19.9. The molecular weight excluding hydrogens is 246 g/mol. The van der Waals surface area contributed by atoms with E-state index in [2.05, 4.69) is 5.32 Å². The highest BCUT2D eigenvalue weighted by Crippen LogP contribution is 2.14. The lowest BCUT2D eigenvalue weighted by Gasteiger charge is -2.18. The number of carbonyl (C=O) groups is 2. The number of nitrogens with zero attached hydrogens (tertiary/aromatic N) is 2. The molecule has 0 bridgehead atoms. The second-order valence-electron chi connectivity index (χ2n) is 3.95. The Morgan fingerprint density at radius 3 is 2.84 bits per heavy atom. The molecule has 0 fully saturated rings. The second-order valence-corrected chi connectivity index (χ2v) is 3.95. The van der Waals surface area contributed by atoms with Crippen molar-refractivity contribution < 1.29 is 14.7 Å². The van der Waals surface area contributed by atoms with E-state index in [0.29, 0.717) is 24.2 Å². The largest absolute Gasteiger partial charge is 0.481 e. The first-order chi connectivity index (χ1) is 9.04. The lowest BCUT2D eigenvalue weighted by atomic mass is 10.2. The van der Waals surface area contributed by atoms with Crippen molar-refractivity contribution in [1.82, 2.24) is 5.32 Å². The highest BCUT2D eigenvalue weighted by atomic mass is 16.4. The number of carbonyl (C=O) groups excluding carboxylic acids is 1. The number of amides is 2. The Balaban J connectivity index is 2.52. The van der Waals surface area contributed by atoms with Crippen LogP contribution in [0.1, 0.15) is 18.4 Å². The molecule has 19 heavy (non-hydrogen) atoms. The lowest BCUT2D eigenvalue weighted by molar-refractivity contribution is -0.137. The van der Waals surface area contributed by atoms with Crippen molar-refractivity contribution in [2.45, 2.75) is 12.8 Å². The molecular formula is C13H15N3O3. The lowest BCUT2D eigenvalue weighted by Crippen LogP contribution is -2.37. The minimum atomic E-state index is -0.885. The Morgan fingerprint density at radius 2 is 2.21 bits per heavy atom. The summed E-state index contributed by atoms with van der Waals surface area (Å²) >= 11 is 0. The first-order valence-electron chi connectivity index (χ1n) is 5.78. The minimum Gasteiger partial charge on any atom is -0.481 e. The maximum atomic E-state index is 11.8. The van der Waals surface area contributed by atoms with Crippen LogP contribution >= 0.6 is 0 Å². The quantitative estimate of drug-likeness (QED) is 0.787. The van der Waals surface area contributed by atoms with Crippen LogP contribution in [0.15, 0.2) is 24.3 Å². The SMILES string of the molecule is CN(C(=O)NCCCC(=O)O)c1cccc(C#N)c1. The van der Waals surface area contributed by atoms with E-state index in [1.54, 1.807) is 31.3 Å². The number of hydrogen-bond donors (Lipinski definition) is 2. The number of aliphatic carboxylic acids is 1. The van der Waals surface area contributed by atoms with Gasteiger partial charge >= 0.3 is 12.0 Å². The molecule has 0 saturated carbocycles. The highest BCUT2D eigenvalue weighted by Gasteiger charge is 2.10. The summed E-state index contributed by atoms with van der Waals surface area (Å²) in [4.78, 5) is 23.5. The van der Waals surface area contributed by atoms with Gasteiger partial charge < -0.3 is 10.4 Å². The summed E-state index contributed by atoms with van der Waals surface area (Å²) in [5.74, 6) is -0.885. The monoisotopic (exact) mass is 261 g/mol. The predicted molar refractivity (Wildman–Crippen MR) is 69.8 cm³/mol. The number of urea groups is 1. The van der Waals surface area contributed by atoms with Crippen molar-refractivity contribution >= 4 is 17.7 Å². The molecule has 0 unspecified atom stereocenters. The summed E-state index contributed by atoms with van der Waals surface area (Å²) in [7, 11) is 1.59. The molecule has 0 atom stereocenters. The van der Waals surface area contributed by atoms with Gasteiger partial charge in [-0.15, -0.1) is 0 Å². The van der Waals surface area contributed by atoms with Crippen LogP contribution in [-0.4, -0.2) is 30.7 Å². The normalized spacial score (nSPS) is 9.47. The summed E-state index contributed by atoms with van der Waals surface area (Å²) in [5.41, 5.74) is 1.08. The van der Waals surface area contributed by atoms with Gasteiger partial charge in [0.05, 0.1) is 11.6 Å². The summed E-state index contributed by atoms with van der Waals surface area (Å²) in [6.07, 6.45) is 0.404. The third-order valence-corrected chi connectivity index (χ3v) is 2.51. The fourth-order valence-electron chi connectivity index (χ4n) is 1.45. The number of carboxylic acids is 1. The van der Waals surface area contributed by atoms with Crippen LogP contribution in [0.5, 0.6) is 0 Å². The van der Waals surface area contributed by atoms with Crippen molar-refractivity contribution in [2.75, 3.05) is 18.5 Å². The third-order valence-electron chi connectivity index (χ3n) is 2.51. The number of nitriles is 1. The van der Waals surface area contributed by atoms with Crippen molar-refractivity contribution in [3.63, 3.8) is 0 Å². The van der Waals surface area contributed by atoms with Gasteiger partial charge in [-0.3, -0.25) is 9.69 Å². The molecule has 100 valence electrons. The van der Waals surface area contributed by atoms with Gasteiger partial charge in [0, 0.05) is 25.7 Å². The minimum absolute atomic E-state index is 0.0217. The summed E-state index contributed by atoms with van der Waals surface area (Å²) in [6, 6.07) is 8.35. The molecule has 0 aliphatic carbocycles. The Labute approximate surface area is 111 Å². The molecule has 1 aromatic rings. The number of benzene rings is 1. The van der Waals surface area contributed by atoms with Crippen LogP contribution in [0.2, 0.25) is 0 Å². The van der Waals surface area contributed by atoms with Crippen LogP contribution < -0.4 is 10.2 Å². The summed E-state index contributed by atoms with van der Waals surface area (Å²) < 4.78 is 0. The van der Waals surface area contributed by atoms with Crippen molar-refractivity contribution in [3.05, 3.63) is 29.8 Å². The van der Waals surface area contributed by atoms with Gasteiger partial charge in [0.2, 0.25) is 0 Å². The summed E-state index contributed by atoms with van der Waals surface area (Å²) in [6.45, 7) is 0.299. The molecule has 2 N–H and O–H groups in total. The predicted octanol–water partition coefficient (Wildman–Crippen LogP) is 1.57. The van der Waals surface area contributed by atoms with E-state index in [1.807, 2.05) is 6.07 Å². The first kappa shape index (κ1) is 14.5. The zero-order chi connectivity index (χ0) is 14.3. The average Bonchev–Trinajstić information content (AvgIpc) is 2.42. The molecule has 0 radical (unpaired) electrons. The Hall–Kier alpha value is -2.55. The topological polar surface area (TPSA) is 93.4 Å². The van der Waals surface area contributed by atoms with Crippen molar-refractivity contribution in [2.24, 2.45) is 0 Å². The van der Waals surface area contributed by atoms with E-state index in [9.17, 15) is 9.59 Å². The van der Waals surface area contributed by atoms with Gasteiger partial charge in [-0.2, -0.15) is 5.26 Å². The number of rotatable bonds is 5. The van der Waals surface area contributed by atoms with E-state index >= 15 is 0 Å². The highest BCUT2D eigenvalue weighted by molar-refractivity contribution is 5.91. The van der Waals surface area contributed by atoms with Crippen LogP contribution in [-0.2, 0) is 4.79 Å². The number of anilines is 1. The van der Waals surface area contributed by atoms with Gasteiger partial charge in [0.1, 0.15) is 0 Å². The number of carboxylic acid groups (broad SMARTS) is 1. The van der Waals surface area contributed by atoms with Gasteiger partial charge in [0.25, 0.3) is 0 Å². The molecule has 0 aliphatic rings. The maximum Gasteiger partial charge on any atom is 0.321 e. The fourth-order valence-corrected chi connectivity index (χ4v) is 1.45. The number of nitrogens with one attached hydrogen (secondary N) is 1. The molecule has 1 aromatic carbocycles. The molecule has 2 amide bonds. The van der Waals surface area contributed by atoms with Crippen LogP contribution in [0.25, 0.3) is 0 Å². The molecule has 0 spiro atoms. The van der Waals surface area contributed by atoms with Crippen molar-refractivity contribution in [1.29, 1.82) is 5.26 Å². The van der Waals surface area contributed by atoms with E-state index < -0.39 is 5.97 Å². The standard InChI is InChI=1S/C13H15N3O3/c1-16(11-5-2-4-10(8-11)9-14)13(19)15-7-3-6-12(17)18/h2,4-5,8H,3,6-7H2,1H3,(H,15,19)(H,17,18). The second kappa shape index (κ2) is 7.01. The van der Waals surface area contributed by atoms with Gasteiger partial charge in [-0.1, -0.05) is 6.07 Å². The van der Waals surface area contributed by atoms with E-state index in [4.69, 9.17) is 10.4 Å². The Bertz CT molecular complexity index is 508. The van der Waals surface area contributed by atoms with E-state index in [1.165, 1.54) is 4.90 Å². The van der Waals surface area contributed by atoms with Crippen LogP contribution in [0.4, 0.5) is 10.5 Å². The maximum absolute atomic E-state index is 11.8. The first-order valence-corrected chi connectivity index (χ1v) is 5.78. The number of hydrogen-bond acceptors (Lipinski definition) is 3. The fraction of sp³-hybridized carbons (Fsp3) is 0.308. The van der Waals surface area contributed by atoms with Crippen LogP contribution in [0, 0.1) is 11.3 Å². The van der Waals surface area contributed by atoms with Crippen molar-refractivity contribution in [3.8, 4) is 6.07 Å². The average molecular weight is 261 g/mol. The third kappa shape index (κ3) is 4.68. The molecule has 6 nitrogen and oxygen atoms in total. The molecule has 0 aliphatic heterocycles. The molecule has 1 rings (SSSR count). The van der Waals surface area contributed by atoms with E-state index in [0.717, 1.165) is 0 Å². The Morgan fingerprint density at radius 1 is 1.47 bits per heavy atom. The molecule has 0 heterocycles. The van der Waals surface area contributed by atoms with Gasteiger partial charge in [-0.05, 0) is 24.6 Å². The van der Waals surface area contributed by atoms with E-state index in [-0.39, 0.29) is 12.5 Å². The smallest absolute Gasteiger partial charge is 0.321 e.